The Morgan fingerprint density at radius 2 is 2.06 bits per heavy atom. The molecule has 0 aromatic carbocycles. The SMILES string of the molecule is C=C1CC(C)C[C@@H](C(=O)N2CCCCC2)N1. The van der Waals surface area contributed by atoms with Gasteiger partial charge in [-0.25, -0.2) is 0 Å². The average molecular weight is 222 g/mol. The molecule has 0 aliphatic carbocycles. The Labute approximate surface area is 97.9 Å². The van der Waals surface area contributed by atoms with E-state index in [0.717, 1.165) is 44.5 Å². The number of piperidine rings is 2. The maximum atomic E-state index is 12.3. The van der Waals surface area contributed by atoms with Crippen molar-refractivity contribution in [2.24, 2.45) is 5.92 Å². The molecule has 2 saturated heterocycles. The summed E-state index contributed by atoms with van der Waals surface area (Å²) in [5, 5.41) is 3.26. The number of hydrogen-bond acceptors (Lipinski definition) is 2. The number of amides is 1. The summed E-state index contributed by atoms with van der Waals surface area (Å²) in [7, 11) is 0. The second-order valence-electron chi connectivity index (χ2n) is 5.23. The summed E-state index contributed by atoms with van der Waals surface area (Å²) in [6.45, 7) is 8.04. The van der Waals surface area contributed by atoms with E-state index in [1.807, 2.05) is 4.90 Å². The highest BCUT2D eigenvalue weighted by molar-refractivity contribution is 5.82. The van der Waals surface area contributed by atoms with Crippen LogP contribution in [0, 0.1) is 5.92 Å². The summed E-state index contributed by atoms with van der Waals surface area (Å²) in [6, 6.07) is -0.0191. The molecule has 1 unspecified atom stereocenters. The van der Waals surface area contributed by atoms with Gasteiger partial charge in [-0.1, -0.05) is 13.5 Å². The fraction of sp³-hybridized carbons (Fsp3) is 0.769. The van der Waals surface area contributed by atoms with Crippen molar-refractivity contribution in [1.82, 2.24) is 10.2 Å². The van der Waals surface area contributed by atoms with Gasteiger partial charge in [0.1, 0.15) is 6.04 Å². The zero-order valence-corrected chi connectivity index (χ0v) is 10.2. The highest BCUT2D eigenvalue weighted by Crippen LogP contribution is 2.22. The van der Waals surface area contributed by atoms with Gasteiger partial charge in [0.05, 0.1) is 0 Å². The van der Waals surface area contributed by atoms with Gasteiger partial charge in [0.25, 0.3) is 0 Å². The fourth-order valence-electron chi connectivity index (χ4n) is 2.77. The Bertz CT molecular complexity index is 282. The highest BCUT2D eigenvalue weighted by Gasteiger charge is 2.30. The van der Waals surface area contributed by atoms with Gasteiger partial charge in [-0.15, -0.1) is 0 Å². The molecule has 0 radical (unpaired) electrons. The summed E-state index contributed by atoms with van der Waals surface area (Å²) in [4.78, 5) is 14.3. The molecular weight excluding hydrogens is 200 g/mol. The largest absolute Gasteiger partial charge is 0.378 e. The lowest BCUT2D eigenvalue weighted by Crippen LogP contribution is -2.50. The number of carbonyl (C=O) groups is 1. The van der Waals surface area contributed by atoms with Gasteiger partial charge >= 0.3 is 0 Å². The van der Waals surface area contributed by atoms with Crippen molar-refractivity contribution in [1.29, 1.82) is 0 Å². The van der Waals surface area contributed by atoms with Gasteiger partial charge in [-0.05, 0) is 38.0 Å². The van der Waals surface area contributed by atoms with E-state index in [2.05, 4.69) is 18.8 Å². The molecule has 90 valence electrons. The highest BCUT2D eigenvalue weighted by atomic mass is 16.2. The Morgan fingerprint density at radius 1 is 1.38 bits per heavy atom. The average Bonchev–Trinajstić information content (AvgIpc) is 2.28. The Kier molecular flexibility index (Phi) is 3.52. The van der Waals surface area contributed by atoms with Crippen molar-refractivity contribution in [2.75, 3.05) is 13.1 Å². The van der Waals surface area contributed by atoms with Gasteiger partial charge in [0.15, 0.2) is 0 Å². The first kappa shape index (κ1) is 11.5. The third-order valence-electron chi connectivity index (χ3n) is 3.58. The third kappa shape index (κ3) is 2.57. The normalized spacial score (nSPS) is 31.1. The third-order valence-corrected chi connectivity index (χ3v) is 3.58. The van der Waals surface area contributed by atoms with E-state index in [9.17, 15) is 4.79 Å². The first-order chi connectivity index (χ1) is 7.66. The molecule has 2 fully saturated rings. The Hall–Kier alpha value is -0.990. The lowest BCUT2D eigenvalue weighted by molar-refractivity contribution is -0.135. The molecule has 0 saturated carbocycles. The van der Waals surface area contributed by atoms with Crippen LogP contribution in [-0.2, 0) is 4.79 Å². The molecule has 0 spiro atoms. The zero-order valence-electron chi connectivity index (χ0n) is 10.2. The first-order valence-electron chi connectivity index (χ1n) is 6.40. The summed E-state index contributed by atoms with van der Waals surface area (Å²) >= 11 is 0. The van der Waals surface area contributed by atoms with Gasteiger partial charge in [0, 0.05) is 18.8 Å². The minimum Gasteiger partial charge on any atom is -0.378 e. The van der Waals surface area contributed by atoms with Crippen LogP contribution < -0.4 is 5.32 Å². The van der Waals surface area contributed by atoms with Crippen LogP contribution in [0.2, 0.25) is 0 Å². The molecular formula is C13H22N2O. The van der Waals surface area contributed by atoms with Gasteiger partial charge < -0.3 is 10.2 Å². The molecule has 3 heteroatoms. The molecule has 2 heterocycles. The zero-order chi connectivity index (χ0) is 11.5. The van der Waals surface area contributed by atoms with Gasteiger partial charge in [0.2, 0.25) is 5.91 Å². The topological polar surface area (TPSA) is 32.3 Å². The van der Waals surface area contributed by atoms with Crippen molar-refractivity contribution < 1.29 is 4.79 Å². The lowest BCUT2D eigenvalue weighted by Gasteiger charge is -2.35. The number of carbonyl (C=O) groups excluding carboxylic acids is 1. The van der Waals surface area contributed by atoms with E-state index in [0.29, 0.717) is 5.92 Å². The molecule has 0 aromatic heterocycles. The van der Waals surface area contributed by atoms with Crippen LogP contribution in [-0.4, -0.2) is 29.9 Å². The maximum absolute atomic E-state index is 12.3. The van der Waals surface area contributed by atoms with Crippen LogP contribution in [0.4, 0.5) is 0 Å². The van der Waals surface area contributed by atoms with Crippen LogP contribution in [0.1, 0.15) is 39.0 Å². The summed E-state index contributed by atoms with van der Waals surface area (Å²) < 4.78 is 0. The molecule has 2 rings (SSSR count). The Balaban J connectivity index is 1.94. The van der Waals surface area contributed by atoms with Crippen LogP contribution >= 0.6 is 0 Å². The molecule has 1 amide bonds. The van der Waals surface area contributed by atoms with Crippen molar-refractivity contribution in [3.05, 3.63) is 12.3 Å². The fourth-order valence-corrected chi connectivity index (χ4v) is 2.77. The van der Waals surface area contributed by atoms with Crippen molar-refractivity contribution in [3.63, 3.8) is 0 Å². The van der Waals surface area contributed by atoms with Crippen LogP contribution in [0.15, 0.2) is 12.3 Å². The number of allylic oxidation sites excluding steroid dienone is 1. The minimum absolute atomic E-state index is 0.0191. The standard InChI is InChI=1S/C13H22N2O/c1-10-8-11(2)14-12(9-10)13(16)15-6-4-3-5-7-15/h10,12,14H,2-9H2,1H3/t10?,12-/m0/s1. The van der Waals surface area contributed by atoms with E-state index in [1.165, 1.54) is 6.42 Å². The van der Waals surface area contributed by atoms with Crippen LogP contribution in [0.25, 0.3) is 0 Å². The Morgan fingerprint density at radius 3 is 2.69 bits per heavy atom. The first-order valence-corrected chi connectivity index (χ1v) is 6.40. The summed E-state index contributed by atoms with van der Waals surface area (Å²) in [5.74, 6) is 0.861. The van der Waals surface area contributed by atoms with Gasteiger partial charge in [-0.2, -0.15) is 0 Å². The number of likely N-dealkylation sites (tertiary alicyclic amines) is 1. The monoisotopic (exact) mass is 222 g/mol. The second kappa shape index (κ2) is 4.89. The smallest absolute Gasteiger partial charge is 0.245 e. The minimum atomic E-state index is -0.0191. The number of nitrogens with one attached hydrogen (secondary N) is 1. The van der Waals surface area contributed by atoms with Gasteiger partial charge in [-0.3, -0.25) is 4.79 Å². The summed E-state index contributed by atoms with van der Waals surface area (Å²) in [5.41, 5.74) is 1.02. The van der Waals surface area contributed by atoms with Crippen molar-refractivity contribution in [3.8, 4) is 0 Å². The van der Waals surface area contributed by atoms with E-state index in [1.54, 1.807) is 0 Å². The van der Waals surface area contributed by atoms with E-state index >= 15 is 0 Å². The molecule has 2 aliphatic heterocycles. The lowest BCUT2D eigenvalue weighted by atomic mass is 9.91. The predicted molar refractivity (Wildman–Crippen MR) is 64.9 cm³/mol. The van der Waals surface area contributed by atoms with E-state index in [4.69, 9.17) is 0 Å². The molecule has 1 N–H and O–H groups in total. The van der Waals surface area contributed by atoms with Crippen molar-refractivity contribution >= 4 is 5.91 Å². The second-order valence-corrected chi connectivity index (χ2v) is 5.23. The molecule has 0 bridgehead atoms. The van der Waals surface area contributed by atoms with E-state index < -0.39 is 0 Å². The predicted octanol–water partition coefficient (Wildman–Crippen LogP) is 1.90. The van der Waals surface area contributed by atoms with Crippen LogP contribution in [0.3, 0.4) is 0 Å². The number of rotatable bonds is 1. The number of hydrogen-bond donors (Lipinski definition) is 1. The molecule has 16 heavy (non-hydrogen) atoms. The van der Waals surface area contributed by atoms with Crippen molar-refractivity contribution in [2.45, 2.75) is 45.1 Å². The molecule has 3 nitrogen and oxygen atoms in total. The van der Waals surface area contributed by atoms with E-state index in [-0.39, 0.29) is 11.9 Å². The molecule has 0 aromatic rings. The summed E-state index contributed by atoms with van der Waals surface area (Å²) in [6.07, 6.45) is 5.55. The maximum Gasteiger partial charge on any atom is 0.245 e. The number of nitrogens with zero attached hydrogens (tertiary/aromatic N) is 1. The molecule has 2 aliphatic rings. The van der Waals surface area contributed by atoms with Crippen LogP contribution in [0.5, 0.6) is 0 Å². The quantitative estimate of drug-likeness (QED) is 0.735. The molecule has 2 atom stereocenters.